The van der Waals surface area contributed by atoms with Crippen molar-refractivity contribution < 1.29 is 9.53 Å². The second kappa shape index (κ2) is 4.73. The molecule has 0 radical (unpaired) electrons. The fourth-order valence-electron chi connectivity index (χ4n) is 0.785. The minimum absolute atomic E-state index is 0.379. The predicted octanol–water partition coefficient (Wildman–Crippen LogP) is 2.43. The first-order valence-corrected chi connectivity index (χ1v) is 5.42. The lowest BCUT2D eigenvalue weighted by atomic mass is 10.2. The Morgan fingerprint density at radius 2 is 2.07 bits per heavy atom. The zero-order valence-electron chi connectivity index (χ0n) is 8.74. The van der Waals surface area contributed by atoms with Gasteiger partial charge in [0.05, 0.1) is 12.4 Å². The van der Waals surface area contributed by atoms with E-state index < -0.39 is 11.7 Å². The Hall–Kier alpha value is -0.920. The zero-order valence-corrected chi connectivity index (χ0v) is 10.9. The first kappa shape index (κ1) is 12.2. The van der Waals surface area contributed by atoms with Crippen LogP contribution in [0.25, 0.3) is 0 Å². The van der Waals surface area contributed by atoms with Crippen LogP contribution >= 0.6 is 22.6 Å². The molecular weight excluding hydrogens is 309 g/mol. The van der Waals surface area contributed by atoms with Crippen LogP contribution in [0.1, 0.15) is 20.8 Å². The Kier molecular flexibility index (Phi) is 3.83. The summed E-state index contributed by atoms with van der Waals surface area (Å²) in [4.78, 5) is 19.3. The summed E-state index contributed by atoms with van der Waals surface area (Å²) in [6.45, 7) is 5.39. The minimum Gasteiger partial charge on any atom is -0.444 e. The van der Waals surface area contributed by atoms with Gasteiger partial charge in [0, 0.05) is 0 Å². The number of rotatable bonds is 1. The number of carbonyl (C=O) groups excluding carboxylic acids is 1. The molecule has 1 aromatic heterocycles. The summed E-state index contributed by atoms with van der Waals surface area (Å²) in [5, 5.41) is 2.49. The number of hydrogen-bond donors (Lipinski definition) is 1. The van der Waals surface area contributed by atoms with E-state index in [-0.39, 0.29) is 0 Å². The van der Waals surface area contributed by atoms with Gasteiger partial charge < -0.3 is 4.74 Å². The van der Waals surface area contributed by atoms with Gasteiger partial charge in [-0.3, -0.25) is 5.32 Å². The van der Waals surface area contributed by atoms with Gasteiger partial charge in [-0.1, -0.05) is 0 Å². The van der Waals surface area contributed by atoms with Crippen molar-refractivity contribution in [3.63, 3.8) is 0 Å². The van der Waals surface area contributed by atoms with Gasteiger partial charge in [0.1, 0.15) is 9.30 Å². The van der Waals surface area contributed by atoms with Crippen molar-refractivity contribution in [2.45, 2.75) is 26.4 Å². The summed E-state index contributed by atoms with van der Waals surface area (Å²) in [6, 6.07) is 0. The number of halogens is 1. The smallest absolute Gasteiger partial charge is 0.413 e. The molecule has 1 aromatic rings. The molecule has 0 fully saturated rings. The summed E-state index contributed by atoms with van der Waals surface area (Å²) in [6.07, 6.45) is 2.51. The molecule has 82 valence electrons. The maximum Gasteiger partial charge on any atom is 0.413 e. The first-order chi connectivity index (χ1) is 6.87. The number of nitrogens with zero attached hydrogens (tertiary/aromatic N) is 2. The van der Waals surface area contributed by atoms with E-state index in [2.05, 4.69) is 15.3 Å². The van der Waals surface area contributed by atoms with E-state index in [0.29, 0.717) is 5.82 Å². The SMILES string of the molecule is CC(C)(C)OC(=O)Nc1cnc(I)cn1. The number of amides is 1. The Labute approximate surface area is 102 Å². The van der Waals surface area contributed by atoms with Gasteiger partial charge in [-0.05, 0) is 43.4 Å². The largest absolute Gasteiger partial charge is 0.444 e. The van der Waals surface area contributed by atoms with E-state index in [4.69, 9.17) is 4.74 Å². The predicted molar refractivity (Wildman–Crippen MR) is 64.6 cm³/mol. The molecule has 0 saturated heterocycles. The lowest BCUT2D eigenvalue weighted by Gasteiger charge is -2.19. The van der Waals surface area contributed by atoms with Gasteiger partial charge in [-0.25, -0.2) is 14.8 Å². The van der Waals surface area contributed by atoms with Gasteiger partial charge in [-0.2, -0.15) is 0 Å². The van der Waals surface area contributed by atoms with Crippen LogP contribution in [0.5, 0.6) is 0 Å². The molecule has 15 heavy (non-hydrogen) atoms. The van der Waals surface area contributed by atoms with Crippen LogP contribution in [0.4, 0.5) is 10.6 Å². The average Bonchev–Trinajstić information content (AvgIpc) is 2.05. The van der Waals surface area contributed by atoms with Crippen LogP contribution in [-0.4, -0.2) is 21.7 Å². The summed E-state index contributed by atoms with van der Waals surface area (Å²) in [5.41, 5.74) is -0.513. The highest BCUT2D eigenvalue weighted by molar-refractivity contribution is 14.1. The molecule has 1 heterocycles. The second-order valence-electron chi connectivity index (χ2n) is 3.85. The third-order valence-electron chi connectivity index (χ3n) is 1.25. The number of carbonyl (C=O) groups is 1. The van der Waals surface area contributed by atoms with Crippen LogP contribution in [0, 0.1) is 3.70 Å². The summed E-state index contributed by atoms with van der Waals surface area (Å²) in [5.74, 6) is 0.379. The molecule has 1 rings (SSSR count). The molecule has 0 aromatic carbocycles. The molecule has 0 aliphatic rings. The maximum atomic E-state index is 11.3. The Morgan fingerprint density at radius 3 is 2.53 bits per heavy atom. The standard InChI is InChI=1S/C9H12IN3O2/c1-9(2,3)15-8(14)13-7-5-11-6(10)4-12-7/h4-5H,1-3H3,(H,12,13,14). The molecule has 0 spiro atoms. The molecule has 0 atom stereocenters. The zero-order chi connectivity index (χ0) is 11.5. The summed E-state index contributed by atoms with van der Waals surface area (Å²) >= 11 is 2.03. The van der Waals surface area contributed by atoms with E-state index >= 15 is 0 Å². The third kappa shape index (κ3) is 4.91. The number of ether oxygens (including phenoxy) is 1. The van der Waals surface area contributed by atoms with E-state index in [1.54, 1.807) is 27.0 Å². The molecule has 0 aliphatic heterocycles. The van der Waals surface area contributed by atoms with Crippen molar-refractivity contribution >= 4 is 34.5 Å². The highest BCUT2D eigenvalue weighted by Crippen LogP contribution is 2.09. The minimum atomic E-state index is -0.530. The van der Waals surface area contributed by atoms with Crippen LogP contribution in [-0.2, 0) is 4.74 Å². The fourth-order valence-corrected chi connectivity index (χ4v) is 1.06. The van der Waals surface area contributed by atoms with Crippen molar-refractivity contribution in [3.8, 4) is 0 Å². The lowest BCUT2D eigenvalue weighted by Crippen LogP contribution is -2.27. The molecule has 1 amide bonds. The molecule has 0 aliphatic carbocycles. The molecular formula is C9H12IN3O2. The normalized spacial score (nSPS) is 10.9. The van der Waals surface area contributed by atoms with E-state index in [1.807, 2.05) is 22.6 Å². The number of hydrogen-bond acceptors (Lipinski definition) is 4. The van der Waals surface area contributed by atoms with Crippen LogP contribution in [0.15, 0.2) is 12.4 Å². The molecule has 1 N–H and O–H groups in total. The lowest BCUT2D eigenvalue weighted by molar-refractivity contribution is 0.0635. The molecule has 6 heteroatoms. The topological polar surface area (TPSA) is 64.1 Å². The monoisotopic (exact) mass is 321 g/mol. The van der Waals surface area contributed by atoms with Crippen LogP contribution < -0.4 is 5.32 Å². The Balaban J connectivity index is 2.55. The van der Waals surface area contributed by atoms with Crippen molar-refractivity contribution in [1.82, 2.24) is 9.97 Å². The number of aromatic nitrogens is 2. The molecule has 5 nitrogen and oxygen atoms in total. The maximum absolute atomic E-state index is 11.3. The molecule has 0 unspecified atom stereocenters. The Bertz CT molecular complexity index is 345. The quantitative estimate of drug-likeness (QED) is 0.807. The second-order valence-corrected chi connectivity index (χ2v) is 4.96. The fraction of sp³-hybridized carbons (Fsp3) is 0.444. The third-order valence-corrected chi connectivity index (χ3v) is 1.81. The summed E-state index contributed by atoms with van der Waals surface area (Å²) < 4.78 is 5.82. The van der Waals surface area contributed by atoms with Gasteiger partial charge in [0.25, 0.3) is 0 Å². The van der Waals surface area contributed by atoms with E-state index in [0.717, 1.165) is 3.70 Å². The first-order valence-electron chi connectivity index (χ1n) is 4.34. The number of nitrogens with one attached hydrogen (secondary N) is 1. The van der Waals surface area contributed by atoms with E-state index in [9.17, 15) is 4.79 Å². The van der Waals surface area contributed by atoms with E-state index in [1.165, 1.54) is 6.20 Å². The van der Waals surface area contributed by atoms with Crippen LogP contribution in [0.3, 0.4) is 0 Å². The van der Waals surface area contributed by atoms with Crippen molar-refractivity contribution in [2.75, 3.05) is 5.32 Å². The van der Waals surface area contributed by atoms with Gasteiger partial charge in [0.2, 0.25) is 0 Å². The summed E-state index contributed by atoms with van der Waals surface area (Å²) in [7, 11) is 0. The molecule has 0 saturated carbocycles. The average molecular weight is 321 g/mol. The Morgan fingerprint density at radius 1 is 1.40 bits per heavy atom. The van der Waals surface area contributed by atoms with Crippen molar-refractivity contribution in [3.05, 3.63) is 16.1 Å². The van der Waals surface area contributed by atoms with Crippen molar-refractivity contribution in [2.24, 2.45) is 0 Å². The molecule has 0 bridgehead atoms. The van der Waals surface area contributed by atoms with Gasteiger partial charge in [-0.15, -0.1) is 0 Å². The van der Waals surface area contributed by atoms with Gasteiger partial charge >= 0.3 is 6.09 Å². The van der Waals surface area contributed by atoms with Crippen LogP contribution in [0.2, 0.25) is 0 Å². The highest BCUT2D eigenvalue weighted by Gasteiger charge is 2.16. The van der Waals surface area contributed by atoms with Crippen molar-refractivity contribution in [1.29, 1.82) is 0 Å². The van der Waals surface area contributed by atoms with Gasteiger partial charge in [0.15, 0.2) is 5.82 Å². The number of anilines is 1. The highest BCUT2D eigenvalue weighted by atomic mass is 127.